The van der Waals surface area contributed by atoms with E-state index < -0.39 is 11.5 Å². The summed E-state index contributed by atoms with van der Waals surface area (Å²) in [7, 11) is 2.98. The van der Waals surface area contributed by atoms with Crippen LogP contribution in [-0.4, -0.2) is 39.4 Å². The molecule has 0 saturated carbocycles. The number of allylic oxidation sites excluding steroid dienone is 1. The number of hydrogen-bond acceptors (Lipinski definition) is 8. The van der Waals surface area contributed by atoms with E-state index in [1.807, 2.05) is 6.07 Å². The summed E-state index contributed by atoms with van der Waals surface area (Å²) in [6.07, 6.45) is 1.71. The van der Waals surface area contributed by atoms with Crippen LogP contribution in [0, 0.1) is 11.8 Å². The van der Waals surface area contributed by atoms with E-state index in [4.69, 9.17) is 28.4 Å². The van der Waals surface area contributed by atoms with Crippen molar-refractivity contribution in [3.63, 3.8) is 0 Å². The molecule has 1 aromatic rings. The molecule has 0 saturated heterocycles. The standard InChI is InChI=1S/C24H26O8/c1-11-6-14-7-16(26)20(27-4)23(28-5)24(14)9-29-22-18(24)15(8-17-21(22)31-10-30-17)19(12(11)2)32-13(3)25/h7-8,11-12,19H,6,9-10H2,1-5H3/t11-,12+,19-,24?/m0/s1. The lowest BCUT2D eigenvalue weighted by atomic mass is 9.62. The molecule has 1 unspecified atom stereocenters. The number of ether oxygens (including phenoxy) is 6. The smallest absolute Gasteiger partial charge is 0.303 e. The fourth-order valence-electron chi connectivity index (χ4n) is 5.47. The van der Waals surface area contributed by atoms with Crippen molar-refractivity contribution in [1.29, 1.82) is 0 Å². The summed E-state index contributed by atoms with van der Waals surface area (Å²) in [5.74, 6) is 1.57. The highest BCUT2D eigenvalue weighted by molar-refractivity contribution is 6.05. The molecule has 170 valence electrons. The Balaban J connectivity index is 1.88. The highest BCUT2D eigenvalue weighted by atomic mass is 16.7. The Kier molecular flexibility index (Phi) is 4.65. The van der Waals surface area contributed by atoms with E-state index in [0.717, 1.165) is 16.7 Å². The van der Waals surface area contributed by atoms with E-state index in [9.17, 15) is 9.59 Å². The summed E-state index contributed by atoms with van der Waals surface area (Å²) in [4.78, 5) is 25.0. The lowest BCUT2D eigenvalue weighted by molar-refractivity contribution is -0.150. The molecule has 0 amide bonds. The van der Waals surface area contributed by atoms with Crippen molar-refractivity contribution in [2.45, 2.75) is 38.7 Å². The topological polar surface area (TPSA) is 89.5 Å². The van der Waals surface area contributed by atoms with Gasteiger partial charge in [-0.3, -0.25) is 9.59 Å². The average molecular weight is 442 g/mol. The third kappa shape index (κ3) is 2.61. The molecular weight excluding hydrogens is 416 g/mol. The molecule has 0 bridgehead atoms. The highest BCUT2D eigenvalue weighted by Crippen LogP contribution is 2.62. The molecule has 1 aromatic carbocycles. The van der Waals surface area contributed by atoms with Gasteiger partial charge in [0.25, 0.3) is 0 Å². The summed E-state index contributed by atoms with van der Waals surface area (Å²) in [6, 6.07) is 1.87. The van der Waals surface area contributed by atoms with Crippen LogP contribution in [0.1, 0.15) is 44.4 Å². The minimum Gasteiger partial charge on any atom is -0.496 e. The Hall–Kier alpha value is -3.16. The van der Waals surface area contributed by atoms with Gasteiger partial charge in [-0.1, -0.05) is 13.8 Å². The molecule has 0 aromatic heterocycles. The first-order chi connectivity index (χ1) is 15.3. The zero-order valence-corrected chi connectivity index (χ0v) is 18.8. The van der Waals surface area contributed by atoms with E-state index >= 15 is 0 Å². The van der Waals surface area contributed by atoms with Crippen molar-refractivity contribution < 1.29 is 38.0 Å². The molecule has 4 atom stereocenters. The normalized spacial score (nSPS) is 29.8. The van der Waals surface area contributed by atoms with Gasteiger partial charge in [0.1, 0.15) is 18.1 Å². The summed E-state index contributed by atoms with van der Waals surface area (Å²) in [5, 5.41) is 0. The monoisotopic (exact) mass is 442 g/mol. The number of ketones is 1. The van der Waals surface area contributed by atoms with Crippen LogP contribution in [-0.2, 0) is 29.2 Å². The van der Waals surface area contributed by atoms with Gasteiger partial charge in [0, 0.05) is 24.0 Å². The Morgan fingerprint density at radius 1 is 1.12 bits per heavy atom. The lowest BCUT2D eigenvalue weighted by Crippen LogP contribution is -2.42. The SMILES string of the molecule is COC1=C(OC)C23COc4c5c(cc(c42)[C@@H](OC(C)=O)[C@H](C)[C@@H](C)CC3=CC1=O)OCO5. The van der Waals surface area contributed by atoms with Crippen LogP contribution in [0.4, 0.5) is 0 Å². The second-order valence-electron chi connectivity index (χ2n) is 8.77. The third-order valence-corrected chi connectivity index (χ3v) is 7.11. The van der Waals surface area contributed by atoms with Crippen molar-refractivity contribution in [3.05, 3.63) is 40.4 Å². The molecule has 4 aliphatic rings. The lowest BCUT2D eigenvalue weighted by Gasteiger charge is -2.42. The molecule has 2 aliphatic heterocycles. The second kappa shape index (κ2) is 7.18. The quantitative estimate of drug-likeness (QED) is 0.659. The van der Waals surface area contributed by atoms with Crippen LogP contribution in [0.25, 0.3) is 0 Å². The van der Waals surface area contributed by atoms with Gasteiger partial charge in [0.2, 0.25) is 24.1 Å². The summed E-state index contributed by atoms with van der Waals surface area (Å²) >= 11 is 0. The van der Waals surface area contributed by atoms with Crippen molar-refractivity contribution in [1.82, 2.24) is 0 Å². The zero-order valence-electron chi connectivity index (χ0n) is 18.8. The molecular formula is C24H26O8. The number of carbonyl (C=O) groups is 2. The van der Waals surface area contributed by atoms with Crippen LogP contribution in [0.3, 0.4) is 0 Å². The maximum Gasteiger partial charge on any atom is 0.303 e. The first-order valence-electron chi connectivity index (χ1n) is 10.7. The van der Waals surface area contributed by atoms with Gasteiger partial charge in [-0.05, 0) is 30.1 Å². The molecule has 2 heterocycles. The molecule has 2 aliphatic carbocycles. The Bertz CT molecular complexity index is 1080. The summed E-state index contributed by atoms with van der Waals surface area (Å²) in [6.45, 7) is 5.83. The maximum atomic E-state index is 12.9. The molecule has 5 rings (SSSR count). The van der Waals surface area contributed by atoms with Gasteiger partial charge in [-0.25, -0.2) is 0 Å². The van der Waals surface area contributed by atoms with Crippen LogP contribution in [0.15, 0.2) is 29.2 Å². The summed E-state index contributed by atoms with van der Waals surface area (Å²) in [5.41, 5.74) is 1.53. The van der Waals surface area contributed by atoms with Crippen molar-refractivity contribution in [2.24, 2.45) is 11.8 Å². The zero-order chi connectivity index (χ0) is 22.8. The molecule has 8 heteroatoms. The number of carbonyl (C=O) groups excluding carboxylic acids is 2. The number of fused-ring (bicyclic) bond motifs is 2. The van der Waals surface area contributed by atoms with Gasteiger partial charge in [0.15, 0.2) is 17.3 Å². The van der Waals surface area contributed by atoms with Crippen molar-refractivity contribution in [2.75, 3.05) is 27.6 Å². The molecule has 0 N–H and O–H groups in total. The molecule has 0 radical (unpaired) electrons. The van der Waals surface area contributed by atoms with Gasteiger partial charge >= 0.3 is 5.97 Å². The third-order valence-electron chi connectivity index (χ3n) is 7.11. The van der Waals surface area contributed by atoms with Crippen molar-refractivity contribution >= 4 is 11.8 Å². The first-order valence-corrected chi connectivity index (χ1v) is 10.7. The van der Waals surface area contributed by atoms with Gasteiger partial charge in [-0.15, -0.1) is 0 Å². The first kappa shape index (κ1) is 20.7. The predicted octanol–water partition coefficient (Wildman–Crippen LogP) is 3.34. The highest BCUT2D eigenvalue weighted by Gasteiger charge is 2.58. The number of methoxy groups -OCH3 is 2. The average Bonchev–Trinajstić information content (AvgIpc) is 3.38. The second-order valence-corrected chi connectivity index (χ2v) is 8.77. The largest absolute Gasteiger partial charge is 0.496 e. The number of hydrogen-bond donors (Lipinski definition) is 0. The van der Waals surface area contributed by atoms with Gasteiger partial charge in [0.05, 0.1) is 14.2 Å². The minimum absolute atomic E-state index is 0.0308. The Morgan fingerprint density at radius 3 is 2.59 bits per heavy atom. The number of rotatable bonds is 3. The summed E-state index contributed by atoms with van der Waals surface area (Å²) < 4.78 is 34.9. The predicted molar refractivity (Wildman–Crippen MR) is 111 cm³/mol. The minimum atomic E-state index is -0.896. The van der Waals surface area contributed by atoms with E-state index in [1.54, 1.807) is 6.08 Å². The maximum absolute atomic E-state index is 12.9. The fourth-order valence-corrected chi connectivity index (χ4v) is 5.47. The van der Waals surface area contributed by atoms with E-state index in [2.05, 4.69) is 13.8 Å². The van der Waals surface area contributed by atoms with Gasteiger partial charge in [-0.2, -0.15) is 0 Å². The molecule has 1 spiro atoms. The Morgan fingerprint density at radius 2 is 1.91 bits per heavy atom. The molecule has 0 fully saturated rings. The van der Waals surface area contributed by atoms with Crippen LogP contribution >= 0.6 is 0 Å². The van der Waals surface area contributed by atoms with E-state index in [0.29, 0.717) is 29.4 Å². The molecule has 8 nitrogen and oxygen atoms in total. The number of benzene rings is 1. The molecule has 32 heavy (non-hydrogen) atoms. The fraction of sp³-hybridized carbons (Fsp3) is 0.500. The Labute approximate surface area is 186 Å². The van der Waals surface area contributed by atoms with Crippen LogP contribution in [0.2, 0.25) is 0 Å². The van der Waals surface area contributed by atoms with Crippen molar-refractivity contribution in [3.8, 4) is 17.2 Å². The van der Waals surface area contributed by atoms with Crippen LogP contribution < -0.4 is 14.2 Å². The van der Waals surface area contributed by atoms with E-state index in [1.165, 1.54) is 21.1 Å². The van der Waals surface area contributed by atoms with Crippen LogP contribution in [0.5, 0.6) is 17.2 Å². The van der Waals surface area contributed by atoms with E-state index in [-0.39, 0.29) is 42.7 Å². The van der Waals surface area contributed by atoms with Gasteiger partial charge < -0.3 is 28.4 Å². The number of esters is 1.